The smallest absolute Gasteiger partial charge is 0.281 e. The second-order valence-electron chi connectivity index (χ2n) is 8.32. The third-order valence-electron chi connectivity index (χ3n) is 5.88. The minimum Gasteiger partial charge on any atom is -0.477 e. The summed E-state index contributed by atoms with van der Waals surface area (Å²) in [6.07, 6.45) is 2.29. The summed E-state index contributed by atoms with van der Waals surface area (Å²) in [7, 11) is -4.33. The highest BCUT2D eigenvalue weighted by molar-refractivity contribution is 7.90. The molecular weight excluding hydrogens is 426 g/mol. The van der Waals surface area contributed by atoms with Crippen molar-refractivity contribution in [1.29, 1.82) is 0 Å². The number of carbonyl (C=O) groups excluding carboxylic acids is 1. The summed E-state index contributed by atoms with van der Waals surface area (Å²) < 4.78 is 59.9. The number of pyridine rings is 1. The molecule has 0 bridgehead atoms. The van der Waals surface area contributed by atoms with Crippen LogP contribution in [0.1, 0.15) is 55.6 Å². The quantitative estimate of drug-likeness (QED) is 0.674. The van der Waals surface area contributed by atoms with Gasteiger partial charge in [-0.25, -0.2) is 14.1 Å². The van der Waals surface area contributed by atoms with Gasteiger partial charge in [-0.05, 0) is 67.9 Å². The van der Waals surface area contributed by atoms with Crippen molar-refractivity contribution in [3.05, 3.63) is 53.5 Å². The van der Waals surface area contributed by atoms with Crippen LogP contribution in [-0.2, 0) is 14.8 Å². The molecule has 1 aromatic heterocycles. The number of nitrogens with one attached hydrogen (secondary N) is 1. The predicted octanol–water partition coefficient (Wildman–Crippen LogP) is 3.94. The first-order chi connectivity index (χ1) is 14.7. The summed E-state index contributed by atoms with van der Waals surface area (Å²) in [5.74, 6) is -1.11. The van der Waals surface area contributed by atoms with Gasteiger partial charge in [0.2, 0.25) is 5.95 Å². The van der Waals surface area contributed by atoms with E-state index in [4.69, 9.17) is 4.74 Å². The second kappa shape index (κ2) is 8.18. The molecule has 0 spiro atoms. The lowest BCUT2D eigenvalue weighted by atomic mass is 9.82. The summed E-state index contributed by atoms with van der Waals surface area (Å²) in [5, 5.41) is -0.573. The van der Waals surface area contributed by atoms with E-state index in [-0.39, 0.29) is 5.92 Å². The molecule has 4 rings (SSSR count). The highest BCUT2D eigenvalue weighted by Gasteiger charge is 2.54. The molecule has 9 heteroatoms. The van der Waals surface area contributed by atoms with E-state index in [0.717, 1.165) is 23.3 Å². The van der Waals surface area contributed by atoms with Crippen molar-refractivity contribution in [3.8, 4) is 5.75 Å². The lowest BCUT2D eigenvalue weighted by Gasteiger charge is -2.28. The minimum atomic E-state index is -4.33. The van der Waals surface area contributed by atoms with Crippen molar-refractivity contribution in [2.45, 2.75) is 68.2 Å². The number of aromatic nitrogens is 1. The molecule has 1 amide bonds. The van der Waals surface area contributed by atoms with E-state index in [9.17, 15) is 22.0 Å². The average Bonchev–Trinajstić information content (AvgIpc) is 3.50. The summed E-state index contributed by atoms with van der Waals surface area (Å²) in [6.45, 7) is 1.90. The molecule has 2 aliphatic carbocycles. The fourth-order valence-electron chi connectivity index (χ4n) is 3.94. The van der Waals surface area contributed by atoms with Crippen LogP contribution in [0.15, 0.2) is 41.4 Å². The van der Waals surface area contributed by atoms with Crippen LogP contribution in [-0.4, -0.2) is 31.1 Å². The molecule has 0 radical (unpaired) electrons. The van der Waals surface area contributed by atoms with Crippen molar-refractivity contribution in [2.75, 3.05) is 0 Å². The second-order valence-corrected chi connectivity index (χ2v) is 9.95. The Kier molecular flexibility index (Phi) is 5.72. The molecule has 2 aromatic rings. The molecule has 0 saturated heterocycles. The number of hydrogen-bond donors (Lipinski definition) is 1. The number of amides is 1. The van der Waals surface area contributed by atoms with Gasteiger partial charge in [-0.3, -0.25) is 4.79 Å². The number of ether oxygens (including phenoxy) is 1. The number of sulfonamides is 1. The van der Waals surface area contributed by atoms with Gasteiger partial charge in [0.15, 0.2) is 10.6 Å². The Morgan fingerprint density at radius 2 is 1.87 bits per heavy atom. The Morgan fingerprint density at radius 1 is 1.16 bits per heavy atom. The number of benzene rings is 1. The van der Waals surface area contributed by atoms with Crippen LogP contribution < -0.4 is 9.46 Å². The number of alkyl halides is 1. The zero-order chi connectivity index (χ0) is 22.2. The Balaban J connectivity index is 1.54. The summed E-state index contributed by atoms with van der Waals surface area (Å²) in [6, 6.07) is 9.04. The summed E-state index contributed by atoms with van der Waals surface area (Å²) in [4.78, 5) is 16.2. The highest BCUT2D eigenvalue weighted by atomic mass is 32.2. The molecule has 1 aromatic carbocycles. The number of halogens is 2. The number of aryl methyl sites for hydroxylation is 1. The van der Waals surface area contributed by atoms with Crippen molar-refractivity contribution in [1.82, 2.24) is 9.71 Å². The van der Waals surface area contributed by atoms with Gasteiger partial charge in [0.25, 0.3) is 15.9 Å². The number of nitrogens with zero attached hydrogens (tertiary/aromatic N) is 1. The van der Waals surface area contributed by atoms with E-state index >= 15 is 0 Å². The fraction of sp³-hybridized carbons (Fsp3) is 0.455. The van der Waals surface area contributed by atoms with Crippen LogP contribution in [0.3, 0.4) is 0 Å². The van der Waals surface area contributed by atoms with E-state index in [1.54, 1.807) is 0 Å². The molecule has 1 heterocycles. The molecule has 0 unspecified atom stereocenters. The third-order valence-corrected chi connectivity index (χ3v) is 7.11. The highest BCUT2D eigenvalue weighted by Crippen LogP contribution is 2.45. The molecule has 0 atom stereocenters. The standard InChI is InChI=1S/C22H24F2N2O4S/c1-14-5-10-17(15-6-8-16(23)9-7-15)18(13-14)30-22(11-12-22)21(27)26-31(28,29)20-4-2-3-19(24)25-20/h2-5,10,13,15-16H,6-9,11-12H2,1H3,(H,26,27)/t15-,16-. The van der Waals surface area contributed by atoms with Gasteiger partial charge in [-0.15, -0.1) is 0 Å². The first-order valence-corrected chi connectivity index (χ1v) is 11.8. The van der Waals surface area contributed by atoms with Crippen molar-refractivity contribution in [2.24, 2.45) is 0 Å². The zero-order valence-electron chi connectivity index (χ0n) is 17.1. The fourth-order valence-corrected chi connectivity index (χ4v) is 4.94. The van der Waals surface area contributed by atoms with E-state index in [0.29, 0.717) is 44.3 Å². The largest absolute Gasteiger partial charge is 0.477 e. The van der Waals surface area contributed by atoms with Gasteiger partial charge >= 0.3 is 0 Å². The van der Waals surface area contributed by atoms with Gasteiger partial charge in [0, 0.05) is 12.8 Å². The minimum absolute atomic E-state index is 0.127. The normalized spacial score (nSPS) is 22.5. The zero-order valence-corrected chi connectivity index (χ0v) is 17.9. The van der Waals surface area contributed by atoms with Crippen molar-refractivity contribution < 1.29 is 26.7 Å². The molecule has 166 valence electrons. The van der Waals surface area contributed by atoms with E-state index in [1.165, 1.54) is 6.07 Å². The van der Waals surface area contributed by atoms with Crippen molar-refractivity contribution >= 4 is 15.9 Å². The predicted molar refractivity (Wildman–Crippen MR) is 109 cm³/mol. The molecule has 2 saturated carbocycles. The van der Waals surface area contributed by atoms with Crippen LogP contribution in [0.25, 0.3) is 0 Å². The van der Waals surface area contributed by atoms with Crippen LogP contribution in [0.2, 0.25) is 0 Å². The summed E-state index contributed by atoms with van der Waals surface area (Å²) >= 11 is 0. The Hall–Kier alpha value is -2.55. The van der Waals surface area contributed by atoms with Crippen LogP contribution in [0.5, 0.6) is 5.75 Å². The number of hydrogen-bond acceptors (Lipinski definition) is 5. The van der Waals surface area contributed by atoms with Crippen LogP contribution in [0, 0.1) is 12.9 Å². The molecule has 0 aliphatic heterocycles. The van der Waals surface area contributed by atoms with Gasteiger partial charge in [-0.2, -0.15) is 12.8 Å². The lowest BCUT2D eigenvalue weighted by Crippen LogP contribution is -2.43. The Labute approximate surface area is 180 Å². The Bertz CT molecular complexity index is 1090. The van der Waals surface area contributed by atoms with Crippen LogP contribution in [0.4, 0.5) is 8.78 Å². The van der Waals surface area contributed by atoms with Gasteiger partial charge in [-0.1, -0.05) is 18.2 Å². The Morgan fingerprint density at radius 3 is 2.52 bits per heavy atom. The lowest BCUT2D eigenvalue weighted by molar-refractivity contribution is -0.128. The molecule has 1 N–H and O–H groups in total. The van der Waals surface area contributed by atoms with Gasteiger partial charge < -0.3 is 4.74 Å². The van der Waals surface area contributed by atoms with E-state index < -0.39 is 38.7 Å². The van der Waals surface area contributed by atoms with Gasteiger partial charge in [0.05, 0.1) is 0 Å². The maximum atomic E-state index is 13.6. The topological polar surface area (TPSA) is 85.4 Å². The van der Waals surface area contributed by atoms with Gasteiger partial charge in [0.1, 0.15) is 11.9 Å². The number of carbonyl (C=O) groups is 1. The van der Waals surface area contributed by atoms with Crippen molar-refractivity contribution in [3.63, 3.8) is 0 Å². The molecule has 2 aliphatic rings. The van der Waals surface area contributed by atoms with E-state index in [2.05, 4.69) is 4.98 Å². The average molecular weight is 451 g/mol. The maximum Gasteiger partial charge on any atom is 0.281 e. The monoisotopic (exact) mass is 450 g/mol. The number of rotatable bonds is 6. The first-order valence-electron chi connectivity index (χ1n) is 10.3. The summed E-state index contributed by atoms with van der Waals surface area (Å²) in [5.41, 5.74) is 0.539. The molecule has 31 heavy (non-hydrogen) atoms. The SMILES string of the molecule is Cc1ccc([C@H]2CC[C@H](F)CC2)c(OC2(C(=O)NS(=O)(=O)c3cccc(F)n3)CC2)c1. The maximum absolute atomic E-state index is 13.6. The molecule has 2 fully saturated rings. The molecular formula is C22H24F2N2O4S. The first kappa shape index (κ1) is 21.7. The van der Waals surface area contributed by atoms with E-state index in [1.807, 2.05) is 29.8 Å². The third kappa shape index (κ3) is 4.71. The van der Waals surface area contributed by atoms with Crippen LogP contribution >= 0.6 is 0 Å². The molecule has 6 nitrogen and oxygen atoms in total.